The van der Waals surface area contributed by atoms with Crippen molar-refractivity contribution in [3.8, 4) is 33.4 Å². The highest BCUT2D eigenvalue weighted by molar-refractivity contribution is 6.74. The summed E-state index contributed by atoms with van der Waals surface area (Å²) in [6.07, 6.45) is 0. The molecule has 0 amide bonds. The minimum absolute atomic E-state index is 0.927. The Kier molecular flexibility index (Phi) is 9.70. The quantitative estimate of drug-likeness (QED) is 0.130. The zero-order valence-corrected chi connectivity index (χ0v) is 39.1. The summed E-state index contributed by atoms with van der Waals surface area (Å²) in [5, 5.41) is 10.3. The van der Waals surface area contributed by atoms with Gasteiger partial charge >= 0.3 is 0 Å². The van der Waals surface area contributed by atoms with Crippen molar-refractivity contribution in [1.82, 2.24) is 0 Å². The van der Waals surface area contributed by atoms with Crippen LogP contribution in [0.3, 0.4) is 0 Å². The number of benzene rings is 8. The Labute approximate surface area is 370 Å². The van der Waals surface area contributed by atoms with Crippen LogP contribution < -0.4 is 92.9 Å². The second-order valence-corrected chi connectivity index (χ2v) is 18.5. The van der Waals surface area contributed by atoms with Crippen molar-refractivity contribution in [1.29, 1.82) is 0 Å². The summed E-state index contributed by atoms with van der Waals surface area (Å²) >= 11 is 0. The number of hydrogen-bond acceptors (Lipinski definition) is 1. The molecular weight excluding hydrogens is 704 g/mol. The average molecular weight is 748 g/mol. The van der Waals surface area contributed by atoms with Gasteiger partial charge in [-0.2, -0.15) is 0 Å². The number of rotatable bonds is 3. The van der Waals surface area contributed by atoms with Crippen molar-refractivity contribution in [2.45, 2.75) is 0 Å². The van der Waals surface area contributed by atoms with Crippen molar-refractivity contribution >= 4 is 281 Å². The van der Waals surface area contributed by atoms with Crippen molar-refractivity contribution < 1.29 is 4.42 Å². The molecule has 0 aliphatic carbocycles. The smallest absolute Gasteiger partial charge is 0.139 e. The van der Waals surface area contributed by atoms with Crippen LogP contribution in [0.15, 0.2) is 59.0 Å². The third kappa shape index (κ3) is 5.50. The van der Waals surface area contributed by atoms with Crippen LogP contribution in [0.5, 0.6) is 0 Å². The first-order valence-corrected chi connectivity index (χ1v) is 21.9. The molecule has 0 aliphatic heterocycles. The van der Waals surface area contributed by atoms with E-state index in [0.29, 0.717) is 0 Å². The summed E-state index contributed by atoms with van der Waals surface area (Å²) in [6.45, 7) is 0. The van der Waals surface area contributed by atoms with Crippen LogP contribution in [0.4, 0.5) is 0 Å². The van der Waals surface area contributed by atoms with E-state index in [1.54, 1.807) is 0 Å². The molecule has 9 rings (SSSR count). The second-order valence-electron chi connectivity index (χ2n) is 18.5. The van der Waals surface area contributed by atoms with E-state index in [4.69, 9.17) is 4.42 Å². The number of fused-ring (bicyclic) bond motifs is 6. The zero-order valence-electron chi connectivity index (χ0n) is 39.1. The summed E-state index contributed by atoms with van der Waals surface area (Å²) in [7, 11) is 40.0. The molecule has 0 atom stereocenters. The zero-order chi connectivity index (χ0) is 43.1. The van der Waals surface area contributed by atoms with Gasteiger partial charge < -0.3 is 4.42 Å². The molecule has 1 heterocycles. The van der Waals surface area contributed by atoms with Crippen molar-refractivity contribution in [2.75, 3.05) is 0 Å². The van der Waals surface area contributed by atoms with Gasteiger partial charge in [0.1, 0.15) is 145 Å². The highest BCUT2D eigenvalue weighted by atomic mass is 16.3. The molecule has 60 heavy (non-hydrogen) atoms. The molecule has 0 N–H and O–H groups in total. The predicted molar refractivity (Wildman–Crippen MR) is 322 cm³/mol. The van der Waals surface area contributed by atoms with Crippen molar-refractivity contribution in [3.63, 3.8) is 0 Å². The maximum Gasteiger partial charge on any atom is 0.139 e. The molecule has 8 aromatic carbocycles. The van der Waals surface area contributed by atoms with E-state index in [9.17, 15) is 0 Å². The van der Waals surface area contributed by atoms with Gasteiger partial charge in [-0.15, -0.1) is 38.2 Å². The lowest BCUT2D eigenvalue weighted by atomic mass is 9.55. The van der Waals surface area contributed by atoms with Gasteiger partial charge in [0, 0.05) is 10.8 Å². The third-order valence-corrected chi connectivity index (χ3v) is 16.1. The topological polar surface area (TPSA) is 13.1 Å². The van der Waals surface area contributed by atoms with Crippen molar-refractivity contribution in [3.05, 3.63) is 54.6 Å². The van der Waals surface area contributed by atoms with Gasteiger partial charge in [-0.3, -0.25) is 0 Å². The van der Waals surface area contributed by atoms with Crippen molar-refractivity contribution in [2.24, 2.45) is 0 Å². The van der Waals surface area contributed by atoms with Crippen LogP contribution in [0.1, 0.15) is 0 Å². The molecule has 9 aromatic rings. The van der Waals surface area contributed by atoms with Crippen LogP contribution in [0.25, 0.3) is 87.6 Å². The summed E-state index contributed by atoms with van der Waals surface area (Å²) in [5.41, 5.74) is 33.6. The first-order chi connectivity index (χ1) is 28.4. The summed E-state index contributed by atoms with van der Waals surface area (Å²) in [6, 6.07) is 20.1. The Morgan fingerprint density at radius 1 is 0.267 bits per heavy atom. The Balaban J connectivity index is 1.49. The van der Waals surface area contributed by atoms with Crippen LogP contribution in [-0.2, 0) is 0 Å². The lowest BCUT2D eigenvalue weighted by molar-refractivity contribution is 0.669. The summed E-state index contributed by atoms with van der Waals surface area (Å²) in [4.78, 5) is 0. The monoisotopic (exact) mass is 750 g/mol. The molecule has 1 aromatic heterocycles. The molecule has 0 saturated carbocycles. The Hall–Kier alpha value is -4.56. The van der Waals surface area contributed by atoms with Gasteiger partial charge in [-0.05, 0) is 90.0 Å². The SMILES string of the molecule is Bc1c(B)c(B)c(-c2c(B)c(B)c(-c3c4c(B)c(B)c(B)c(B)c4c(-c4ccc5oc6cc7ccccc7cc6c5c4)c4c(B)c(B)c(B)c(B)c34)c(B)c2B)c(B)c1B. The third-order valence-electron chi connectivity index (χ3n) is 16.1. The molecule has 0 bridgehead atoms. The molecule has 1 nitrogen and oxygen atoms in total. The Bertz CT molecular complexity index is 3320. The van der Waals surface area contributed by atoms with E-state index in [1.165, 1.54) is 159 Å². The predicted octanol–water partition coefficient (Wildman–Crippen LogP) is -17.6. The first-order valence-electron chi connectivity index (χ1n) is 21.9. The lowest BCUT2D eigenvalue weighted by Crippen LogP contribution is -2.57. The van der Waals surface area contributed by atoms with Crippen LogP contribution >= 0.6 is 0 Å². The van der Waals surface area contributed by atoms with E-state index in [1.807, 2.05) is 0 Å². The van der Waals surface area contributed by atoms with Crippen LogP contribution in [0.2, 0.25) is 0 Å². The van der Waals surface area contributed by atoms with Gasteiger partial charge in [0.25, 0.3) is 0 Å². The van der Waals surface area contributed by atoms with Gasteiger partial charge in [-0.1, -0.05) is 85.0 Å². The highest BCUT2D eigenvalue weighted by Gasteiger charge is 2.29. The Morgan fingerprint density at radius 3 is 1.05 bits per heavy atom. The fraction of sp³-hybridized carbons (Fsp3) is 0. The van der Waals surface area contributed by atoms with Crippen LogP contribution in [0, 0.1) is 0 Å². The molecule has 0 saturated heterocycles. The summed E-state index contributed by atoms with van der Waals surface area (Å²) < 4.78 is 6.58. The standard InChI is InChI=1S/C42H43B17O/c43-26-19-17(12-5-6-15-13(8-12)14-7-10-3-1-2-4-11(10)9-16(14)60-15)20-22(29(46)39(56)37(54)27(20)44)18(21(19)28(45)38(55)36(26)53)23-30(47)32(49)24(33(50)31(23)48)25-34(51)40(57)42(59)41(58)35(25)52/h1-9H,43-59H2. The van der Waals surface area contributed by atoms with E-state index in [0.717, 1.165) is 21.9 Å². The molecule has 18 heteroatoms. The van der Waals surface area contributed by atoms with Gasteiger partial charge in [0.2, 0.25) is 0 Å². The fourth-order valence-corrected chi connectivity index (χ4v) is 11.2. The lowest BCUT2D eigenvalue weighted by Gasteiger charge is -2.31. The molecule has 0 fully saturated rings. The van der Waals surface area contributed by atoms with E-state index < -0.39 is 0 Å². The fourth-order valence-electron chi connectivity index (χ4n) is 11.2. The molecule has 0 aliphatic rings. The maximum absolute atomic E-state index is 6.58. The molecule has 0 spiro atoms. The summed E-state index contributed by atoms with van der Waals surface area (Å²) in [5.74, 6) is 0. The molecular formula is C42H43B17O. The molecule has 268 valence electrons. The molecule has 0 radical (unpaired) electrons. The largest absolute Gasteiger partial charge is 0.456 e. The average Bonchev–Trinajstić information content (AvgIpc) is 3.60. The maximum atomic E-state index is 6.58. The first kappa shape index (κ1) is 40.8. The van der Waals surface area contributed by atoms with Gasteiger partial charge in [-0.25, -0.2) is 0 Å². The number of hydrogen-bond donors (Lipinski definition) is 0. The Morgan fingerprint density at radius 2 is 0.600 bits per heavy atom. The minimum Gasteiger partial charge on any atom is -0.456 e. The van der Waals surface area contributed by atoms with E-state index >= 15 is 0 Å². The van der Waals surface area contributed by atoms with E-state index in [-0.39, 0.29) is 0 Å². The number of furan rings is 1. The van der Waals surface area contributed by atoms with Crippen LogP contribution in [-0.4, -0.2) is 133 Å². The van der Waals surface area contributed by atoms with E-state index in [2.05, 4.69) is 188 Å². The molecule has 0 unspecified atom stereocenters. The highest BCUT2D eigenvalue weighted by Crippen LogP contribution is 2.42. The normalized spacial score (nSPS) is 11.8. The van der Waals surface area contributed by atoms with Gasteiger partial charge in [0.15, 0.2) is 0 Å². The van der Waals surface area contributed by atoms with Gasteiger partial charge in [0.05, 0.1) is 0 Å². The minimum atomic E-state index is 0.927. The second kappa shape index (κ2) is 14.3.